The number of anilines is 1. The van der Waals surface area contributed by atoms with Crippen molar-refractivity contribution in [2.45, 2.75) is 44.9 Å². The van der Waals surface area contributed by atoms with Crippen molar-refractivity contribution in [1.29, 1.82) is 5.26 Å². The minimum absolute atomic E-state index is 0.296. The van der Waals surface area contributed by atoms with Crippen LogP contribution in [0.2, 0.25) is 0 Å². The largest absolute Gasteiger partial charge is 0.384 e. The number of hydrogen-bond acceptors (Lipinski definition) is 3. The van der Waals surface area contributed by atoms with E-state index in [9.17, 15) is 9.65 Å². The Morgan fingerprint density at radius 1 is 1.19 bits per heavy atom. The number of nitrogens with zero attached hydrogens (tertiary/aromatic N) is 1. The standard InChI is InChI=1S/C22H23BrFN3/c1-2-3-4-5-6-15-11-17-20(12-19(15)23)27-22(26)18(13-25)21(17)14-7-9-16(24)10-8-14/h7-12,21,27H,2-6,26H2,1H3. The quantitative estimate of drug-likeness (QED) is 0.558. The number of nitriles is 1. The lowest BCUT2D eigenvalue weighted by Gasteiger charge is -2.28. The zero-order chi connectivity index (χ0) is 19.4. The van der Waals surface area contributed by atoms with Crippen LogP contribution in [0, 0.1) is 17.1 Å². The number of allylic oxidation sites excluding steroid dienone is 1. The van der Waals surface area contributed by atoms with E-state index in [4.69, 9.17) is 5.73 Å². The molecule has 27 heavy (non-hydrogen) atoms. The number of hydrogen-bond donors (Lipinski definition) is 2. The van der Waals surface area contributed by atoms with E-state index in [2.05, 4.69) is 40.3 Å². The molecule has 1 aliphatic heterocycles. The van der Waals surface area contributed by atoms with Gasteiger partial charge in [-0.2, -0.15) is 5.26 Å². The summed E-state index contributed by atoms with van der Waals surface area (Å²) in [6.45, 7) is 2.20. The van der Waals surface area contributed by atoms with Gasteiger partial charge in [-0.1, -0.05) is 60.3 Å². The average Bonchev–Trinajstić information content (AvgIpc) is 2.65. The van der Waals surface area contributed by atoms with Gasteiger partial charge in [-0.15, -0.1) is 0 Å². The van der Waals surface area contributed by atoms with E-state index < -0.39 is 0 Å². The molecular weight excluding hydrogens is 405 g/mol. The number of unbranched alkanes of at least 4 members (excludes halogenated alkanes) is 3. The van der Waals surface area contributed by atoms with Crippen LogP contribution in [0.5, 0.6) is 0 Å². The Bertz CT molecular complexity index is 897. The lowest BCUT2D eigenvalue weighted by atomic mass is 9.81. The summed E-state index contributed by atoms with van der Waals surface area (Å²) >= 11 is 3.67. The van der Waals surface area contributed by atoms with E-state index in [1.165, 1.54) is 37.0 Å². The number of fused-ring (bicyclic) bond motifs is 1. The molecule has 3 nitrogen and oxygen atoms in total. The van der Waals surface area contributed by atoms with Gasteiger partial charge >= 0.3 is 0 Å². The van der Waals surface area contributed by atoms with E-state index in [1.54, 1.807) is 12.1 Å². The highest BCUT2D eigenvalue weighted by Crippen LogP contribution is 2.42. The molecule has 0 bridgehead atoms. The summed E-state index contributed by atoms with van der Waals surface area (Å²) in [5.41, 5.74) is 10.5. The second-order valence-corrected chi connectivity index (χ2v) is 7.74. The Balaban J connectivity index is 2.03. The molecule has 3 rings (SSSR count). The predicted octanol–water partition coefficient (Wildman–Crippen LogP) is 5.96. The van der Waals surface area contributed by atoms with Gasteiger partial charge in [0.25, 0.3) is 0 Å². The molecule has 1 unspecified atom stereocenters. The van der Waals surface area contributed by atoms with Crippen molar-refractivity contribution in [3.05, 3.63) is 74.8 Å². The molecular formula is C22H23BrFN3. The summed E-state index contributed by atoms with van der Waals surface area (Å²) in [4.78, 5) is 0. The summed E-state index contributed by atoms with van der Waals surface area (Å²) in [6, 6.07) is 12.7. The SMILES string of the molecule is CCCCCCc1cc2c(cc1Br)NC(N)=C(C#N)C2c1ccc(F)cc1. The van der Waals surface area contributed by atoms with Gasteiger partial charge in [0.2, 0.25) is 0 Å². The van der Waals surface area contributed by atoms with Crippen LogP contribution in [0.1, 0.15) is 55.2 Å². The van der Waals surface area contributed by atoms with Crippen LogP contribution in [0.4, 0.5) is 10.1 Å². The Morgan fingerprint density at radius 3 is 2.59 bits per heavy atom. The minimum Gasteiger partial charge on any atom is -0.384 e. The smallest absolute Gasteiger partial charge is 0.123 e. The lowest BCUT2D eigenvalue weighted by molar-refractivity contribution is 0.626. The number of halogens is 2. The zero-order valence-corrected chi connectivity index (χ0v) is 16.9. The molecule has 1 atom stereocenters. The molecule has 1 heterocycles. The maximum absolute atomic E-state index is 13.4. The van der Waals surface area contributed by atoms with Crippen molar-refractivity contribution in [3.63, 3.8) is 0 Å². The molecule has 0 saturated carbocycles. The number of rotatable bonds is 6. The summed E-state index contributed by atoms with van der Waals surface area (Å²) < 4.78 is 14.4. The molecule has 2 aromatic carbocycles. The van der Waals surface area contributed by atoms with Gasteiger partial charge in [0.15, 0.2) is 0 Å². The second-order valence-electron chi connectivity index (χ2n) is 6.89. The first-order valence-corrected chi connectivity index (χ1v) is 10.1. The third-order valence-corrected chi connectivity index (χ3v) is 5.74. The Kier molecular flexibility index (Phi) is 6.18. The van der Waals surface area contributed by atoms with E-state index in [-0.39, 0.29) is 11.7 Å². The van der Waals surface area contributed by atoms with Crippen LogP contribution >= 0.6 is 15.9 Å². The van der Waals surface area contributed by atoms with E-state index in [0.717, 1.165) is 34.1 Å². The predicted molar refractivity (Wildman–Crippen MR) is 111 cm³/mol. The zero-order valence-electron chi connectivity index (χ0n) is 15.4. The number of nitrogens with one attached hydrogen (secondary N) is 1. The Hall–Kier alpha value is -2.32. The van der Waals surface area contributed by atoms with Crippen molar-refractivity contribution in [2.75, 3.05) is 5.32 Å². The third-order valence-electron chi connectivity index (χ3n) is 5.00. The fraction of sp³-hybridized carbons (Fsp3) is 0.318. The molecule has 3 N–H and O–H groups in total. The van der Waals surface area contributed by atoms with Crippen molar-refractivity contribution in [2.24, 2.45) is 5.73 Å². The molecule has 140 valence electrons. The van der Waals surface area contributed by atoms with Crippen LogP contribution in [0.3, 0.4) is 0 Å². The van der Waals surface area contributed by atoms with Crippen LogP contribution in [0.15, 0.2) is 52.3 Å². The van der Waals surface area contributed by atoms with Gasteiger partial charge in [0, 0.05) is 16.1 Å². The normalized spacial score (nSPS) is 15.9. The molecule has 0 saturated heterocycles. The Labute approximate surface area is 168 Å². The van der Waals surface area contributed by atoms with Gasteiger partial charge in [-0.05, 0) is 47.7 Å². The van der Waals surface area contributed by atoms with Gasteiger partial charge in [0.05, 0.1) is 11.6 Å². The highest BCUT2D eigenvalue weighted by Gasteiger charge is 2.29. The number of aryl methyl sites for hydroxylation is 1. The maximum Gasteiger partial charge on any atom is 0.123 e. The fourth-order valence-corrected chi connectivity index (χ4v) is 4.11. The molecule has 0 radical (unpaired) electrons. The van der Waals surface area contributed by atoms with Crippen molar-refractivity contribution >= 4 is 21.6 Å². The first-order chi connectivity index (χ1) is 13.0. The topological polar surface area (TPSA) is 61.8 Å². The van der Waals surface area contributed by atoms with Crippen LogP contribution in [-0.4, -0.2) is 0 Å². The molecule has 2 aromatic rings. The van der Waals surface area contributed by atoms with Gasteiger partial charge in [-0.3, -0.25) is 0 Å². The van der Waals surface area contributed by atoms with Crippen molar-refractivity contribution < 1.29 is 4.39 Å². The third kappa shape index (κ3) is 4.17. The van der Waals surface area contributed by atoms with Gasteiger partial charge in [0.1, 0.15) is 11.6 Å². The monoisotopic (exact) mass is 427 g/mol. The van der Waals surface area contributed by atoms with Crippen molar-refractivity contribution in [1.82, 2.24) is 0 Å². The molecule has 0 fully saturated rings. The molecule has 5 heteroatoms. The van der Waals surface area contributed by atoms with Gasteiger partial charge in [-0.25, -0.2) is 4.39 Å². The summed E-state index contributed by atoms with van der Waals surface area (Å²) in [7, 11) is 0. The van der Waals surface area contributed by atoms with E-state index >= 15 is 0 Å². The van der Waals surface area contributed by atoms with Crippen LogP contribution < -0.4 is 11.1 Å². The van der Waals surface area contributed by atoms with E-state index in [0.29, 0.717) is 11.4 Å². The average molecular weight is 428 g/mol. The van der Waals surface area contributed by atoms with Crippen molar-refractivity contribution in [3.8, 4) is 6.07 Å². The Morgan fingerprint density at radius 2 is 1.93 bits per heavy atom. The number of nitrogens with two attached hydrogens (primary N) is 1. The minimum atomic E-state index is -0.297. The first kappa shape index (κ1) is 19.4. The van der Waals surface area contributed by atoms with Crippen LogP contribution in [0.25, 0.3) is 0 Å². The summed E-state index contributed by atoms with van der Waals surface area (Å²) in [5.74, 6) is -0.243. The lowest BCUT2D eigenvalue weighted by Crippen LogP contribution is -2.23. The second kappa shape index (κ2) is 8.58. The summed E-state index contributed by atoms with van der Waals surface area (Å²) in [5, 5.41) is 12.8. The molecule has 0 aliphatic carbocycles. The van der Waals surface area contributed by atoms with E-state index in [1.807, 2.05) is 6.07 Å². The molecule has 1 aliphatic rings. The molecule has 0 spiro atoms. The summed E-state index contributed by atoms with van der Waals surface area (Å²) in [6.07, 6.45) is 5.75. The number of benzene rings is 2. The highest BCUT2D eigenvalue weighted by molar-refractivity contribution is 9.10. The van der Waals surface area contributed by atoms with Crippen LogP contribution in [-0.2, 0) is 6.42 Å². The molecule has 0 aromatic heterocycles. The maximum atomic E-state index is 13.4. The van der Waals surface area contributed by atoms with Gasteiger partial charge < -0.3 is 11.1 Å². The molecule has 0 amide bonds. The fourth-order valence-electron chi connectivity index (χ4n) is 3.57. The first-order valence-electron chi connectivity index (χ1n) is 9.29. The highest BCUT2D eigenvalue weighted by atomic mass is 79.9.